The summed E-state index contributed by atoms with van der Waals surface area (Å²) in [6, 6.07) is 4.98. The van der Waals surface area contributed by atoms with Crippen LogP contribution in [0.1, 0.15) is 6.42 Å². The second-order valence-corrected chi connectivity index (χ2v) is 13.0. The molecule has 1 rings (SSSR count). The lowest BCUT2D eigenvalue weighted by Crippen LogP contribution is -2.70. The quantitative estimate of drug-likeness (QED) is 0.197. The van der Waals surface area contributed by atoms with Gasteiger partial charge in [-0.25, -0.2) is 0 Å². The molecule has 30 heavy (non-hydrogen) atoms. The largest absolute Gasteiger partial charge is 0.460 e. The standard InChI is InChI=1S/C14H9Cl2F13Si/c15-30(16,8-4-2-1-3-5-8)7-6-9(17,18)10(19,20)11(21,22)12(23,24)13(25,26)14(27,28)29/h1-5H,6-7H2. The van der Waals surface area contributed by atoms with E-state index in [0.29, 0.717) is 0 Å². The van der Waals surface area contributed by atoms with E-state index in [2.05, 4.69) is 0 Å². The van der Waals surface area contributed by atoms with Crippen molar-refractivity contribution in [2.24, 2.45) is 0 Å². The highest BCUT2D eigenvalue weighted by Gasteiger charge is 2.90. The second-order valence-electron chi connectivity index (χ2n) is 6.07. The molecule has 1 aromatic carbocycles. The maximum absolute atomic E-state index is 13.8. The predicted molar refractivity (Wildman–Crippen MR) is 83.8 cm³/mol. The van der Waals surface area contributed by atoms with E-state index in [1.807, 2.05) is 0 Å². The molecule has 174 valence electrons. The zero-order chi connectivity index (χ0) is 24.0. The normalized spacial score (nSPS) is 15.4. The SMILES string of the molecule is FC(F)(F)C(F)(F)C(F)(F)C(F)(F)C(F)(F)C(F)(F)CC[Si](Cl)(Cl)c1ccccc1. The predicted octanol–water partition coefficient (Wildman–Crippen LogP) is 6.94. The van der Waals surface area contributed by atoms with Gasteiger partial charge in [0.1, 0.15) is 0 Å². The van der Waals surface area contributed by atoms with Gasteiger partial charge in [-0.15, -0.1) is 22.2 Å². The van der Waals surface area contributed by atoms with Crippen molar-refractivity contribution in [1.29, 1.82) is 0 Å². The van der Waals surface area contributed by atoms with Crippen LogP contribution in [0.3, 0.4) is 0 Å². The molecule has 0 aliphatic carbocycles. The van der Waals surface area contributed by atoms with E-state index in [-0.39, 0.29) is 5.19 Å². The smallest absolute Gasteiger partial charge is 0.200 e. The monoisotopic (exact) mass is 522 g/mol. The Kier molecular flexibility index (Phi) is 7.15. The van der Waals surface area contributed by atoms with E-state index in [0.717, 1.165) is 12.1 Å². The Balaban J connectivity index is 3.26. The first kappa shape index (κ1) is 27.1. The number of rotatable bonds is 8. The van der Waals surface area contributed by atoms with Gasteiger partial charge in [-0.05, 0) is 11.2 Å². The highest BCUT2D eigenvalue weighted by atomic mass is 35.7. The molecule has 0 bridgehead atoms. The molecule has 0 unspecified atom stereocenters. The molecule has 0 aliphatic rings. The van der Waals surface area contributed by atoms with Gasteiger partial charge in [-0.2, -0.15) is 57.1 Å². The summed E-state index contributed by atoms with van der Waals surface area (Å²) in [6.45, 7) is -4.07. The number of halogens is 15. The van der Waals surface area contributed by atoms with Crippen molar-refractivity contribution < 1.29 is 57.1 Å². The van der Waals surface area contributed by atoms with E-state index in [1.54, 1.807) is 0 Å². The lowest BCUT2D eigenvalue weighted by atomic mass is 9.93. The van der Waals surface area contributed by atoms with Crippen LogP contribution < -0.4 is 5.19 Å². The molecule has 0 radical (unpaired) electrons. The molecule has 0 nitrogen and oxygen atoms in total. The van der Waals surface area contributed by atoms with Gasteiger partial charge in [-0.1, -0.05) is 30.3 Å². The number of alkyl halides is 13. The molecule has 0 amide bonds. The summed E-state index contributed by atoms with van der Waals surface area (Å²) in [4.78, 5) is 0. The maximum atomic E-state index is 13.8. The molecular formula is C14H9Cl2F13Si. The van der Waals surface area contributed by atoms with E-state index >= 15 is 0 Å². The number of benzene rings is 1. The van der Waals surface area contributed by atoms with Crippen molar-refractivity contribution >= 4 is 34.0 Å². The van der Waals surface area contributed by atoms with Crippen molar-refractivity contribution in [2.75, 3.05) is 0 Å². The van der Waals surface area contributed by atoms with Gasteiger partial charge in [0.25, 0.3) is 6.69 Å². The Labute approximate surface area is 170 Å². The minimum absolute atomic E-state index is 0.0619. The lowest BCUT2D eigenvalue weighted by molar-refractivity contribution is -0.439. The number of hydrogen-bond acceptors (Lipinski definition) is 0. The Morgan fingerprint density at radius 1 is 0.600 bits per heavy atom. The summed E-state index contributed by atoms with van der Waals surface area (Å²) in [5.74, 6) is -37.0. The first-order valence-electron chi connectivity index (χ1n) is 7.45. The van der Waals surface area contributed by atoms with Gasteiger partial charge in [0.05, 0.1) is 0 Å². The Morgan fingerprint density at radius 2 is 1.00 bits per heavy atom. The van der Waals surface area contributed by atoms with Crippen LogP contribution in [0.25, 0.3) is 0 Å². The average Bonchev–Trinajstić information content (AvgIpc) is 2.59. The van der Waals surface area contributed by atoms with E-state index in [1.165, 1.54) is 18.2 Å². The van der Waals surface area contributed by atoms with Gasteiger partial charge in [0.2, 0.25) is 0 Å². The summed E-state index contributed by atoms with van der Waals surface area (Å²) >= 11 is 11.6. The maximum Gasteiger partial charge on any atom is 0.460 e. The molecule has 0 heterocycles. The molecular weight excluding hydrogens is 514 g/mol. The van der Waals surface area contributed by atoms with Crippen molar-refractivity contribution in [3.63, 3.8) is 0 Å². The molecule has 0 saturated heterocycles. The van der Waals surface area contributed by atoms with Crippen LogP contribution in [0.2, 0.25) is 6.04 Å². The highest BCUT2D eigenvalue weighted by Crippen LogP contribution is 2.61. The molecule has 0 aromatic heterocycles. The molecule has 0 spiro atoms. The molecule has 0 aliphatic heterocycles. The zero-order valence-corrected chi connectivity index (χ0v) is 16.5. The zero-order valence-electron chi connectivity index (χ0n) is 14.0. The van der Waals surface area contributed by atoms with E-state index in [9.17, 15) is 57.1 Å². The van der Waals surface area contributed by atoms with Gasteiger partial charge < -0.3 is 0 Å². The van der Waals surface area contributed by atoms with Crippen molar-refractivity contribution in [1.82, 2.24) is 0 Å². The van der Waals surface area contributed by atoms with Crippen molar-refractivity contribution in [3.05, 3.63) is 30.3 Å². The van der Waals surface area contributed by atoms with Crippen LogP contribution in [0.5, 0.6) is 0 Å². The fraction of sp³-hybridized carbons (Fsp3) is 0.571. The van der Waals surface area contributed by atoms with Crippen LogP contribution in [-0.4, -0.2) is 42.5 Å². The van der Waals surface area contributed by atoms with Crippen LogP contribution >= 0.6 is 22.2 Å². The first-order valence-corrected chi connectivity index (χ1v) is 11.7. The summed E-state index contributed by atoms with van der Waals surface area (Å²) < 4.78 is 170. The Hall–Kier alpha value is -0.893. The minimum Gasteiger partial charge on any atom is -0.200 e. The van der Waals surface area contributed by atoms with Gasteiger partial charge in [-0.3, -0.25) is 0 Å². The third-order valence-corrected chi connectivity index (χ3v) is 8.45. The van der Waals surface area contributed by atoms with Crippen LogP contribution in [0.4, 0.5) is 57.1 Å². The van der Waals surface area contributed by atoms with Crippen LogP contribution in [-0.2, 0) is 0 Å². The molecule has 0 fully saturated rings. The first-order chi connectivity index (χ1) is 13.1. The third-order valence-electron chi connectivity index (χ3n) is 3.95. The molecule has 0 N–H and O–H groups in total. The van der Waals surface area contributed by atoms with Gasteiger partial charge >= 0.3 is 35.8 Å². The topological polar surface area (TPSA) is 0 Å². The Bertz CT molecular complexity index is 731. The van der Waals surface area contributed by atoms with Crippen LogP contribution in [0, 0.1) is 0 Å². The average molecular weight is 523 g/mol. The Morgan fingerprint density at radius 3 is 1.40 bits per heavy atom. The van der Waals surface area contributed by atoms with Crippen molar-refractivity contribution in [3.8, 4) is 0 Å². The van der Waals surface area contributed by atoms with Crippen LogP contribution in [0.15, 0.2) is 30.3 Å². The van der Waals surface area contributed by atoms with E-state index in [4.69, 9.17) is 22.2 Å². The number of hydrogen-bond donors (Lipinski definition) is 0. The third kappa shape index (κ3) is 4.36. The highest BCUT2D eigenvalue weighted by molar-refractivity contribution is 7.50. The summed E-state index contributed by atoms with van der Waals surface area (Å²) in [7, 11) is 0. The minimum atomic E-state index is -7.92. The molecule has 0 saturated carbocycles. The molecule has 1 aromatic rings. The van der Waals surface area contributed by atoms with Gasteiger partial charge in [0, 0.05) is 6.42 Å². The summed E-state index contributed by atoms with van der Waals surface area (Å²) in [5, 5.41) is -0.0619. The second kappa shape index (κ2) is 7.91. The fourth-order valence-electron chi connectivity index (χ4n) is 2.10. The lowest BCUT2D eigenvalue weighted by Gasteiger charge is -2.40. The molecule has 16 heteroatoms. The summed E-state index contributed by atoms with van der Waals surface area (Å²) in [5.41, 5.74) is 0. The van der Waals surface area contributed by atoms with Crippen molar-refractivity contribution in [2.45, 2.75) is 48.3 Å². The fourth-order valence-corrected chi connectivity index (χ4v) is 5.02. The molecule has 0 atom stereocenters. The summed E-state index contributed by atoms with van der Waals surface area (Å²) in [6.07, 6.45) is -9.84. The van der Waals surface area contributed by atoms with E-state index < -0.39 is 54.9 Å². The van der Waals surface area contributed by atoms with Gasteiger partial charge in [0.15, 0.2) is 0 Å².